The average Bonchev–Trinajstić information content (AvgIpc) is 2.86. The lowest BCUT2D eigenvalue weighted by Crippen LogP contribution is -2.51. The number of carbonyl (C=O) groups is 2. The summed E-state index contributed by atoms with van der Waals surface area (Å²) in [6.07, 6.45) is 1.16. The molecular weight excluding hydrogens is 330 g/mol. The van der Waals surface area contributed by atoms with Crippen molar-refractivity contribution in [1.29, 1.82) is 0 Å². The van der Waals surface area contributed by atoms with E-state index in [9.17, 15) is 27.9 Å². The van der Waals surface area contributed by atoms with Crippen LogP contribution in [0.3, 0.4) is 0 Å². The van der Waals surface area contributed by atoms with Crippen LogP contribution in [0.15, 0.2) is 11.0 Å². The second kappa shape index (κ2) is 4.80. The molecule has 124 valence electrons. The number of aromatic hydroxyl groups is 1. The number of fused-ring (bicyclic) bond motifs is 2. The van der Waals surface area contributed by atoms with Crippen molar-refractivity contribution in [3.63, 3.8) is 0 Å². The fourth-order valence-corrected chi connectivity index (χ4v) is 3.99. The summed E-state index contributed by atoms with van der Waals surface area (Å²) >= 11 is 0. The number of amides is 1. The summed E-state index contributed by atoms with van der Waals surface area (Å²) in [5.74, 6) is -3.19. The highest BCUT2D eigenvalue weighted by atomic mass is 32.2. The Morgan fingerprint density at radius 2 is 1.96 bits per heavy atom. The van der Waals surface area contributed by atoms with E-state index in [-0.39, 0.29) is 25.3 Å². The minimum Gasteiger partial charge on any atom is -0.503 e. The molecular formula is C12H13N3O7S. The van der Waals surface area contributed by atoms with E-state index in [1.54, 1.807) is 0 Å². The molecule has 1 saturated heterocycles. The van der Waals surface area contributed by atoms with Crippen LogP contribution in [0, 0.1) is 0 Å². The van der Waals surface area contributed by atoms with Gasteiger partial charge in [0.05, 0.1) is 12.8 Å². The third-order valence-electron chi connectivity index (χ3n) is 3.99. The Morgan fingerprint density at radius 1 is 1.30 bits per heavy atom. The Labute approximate surface area is 130 Å². The molecule has 23 heavy (non-hydrogen) atoms. The van der Waals surface area contributed by atoms with E-state index in [0.717, 1.165) is 21.3 Å². The highest BCUT2D eigenvalue weighted by Gasteiger charge is 2.45. The predicted molar refractivity (Wildman–Crippen MR) is 75.7 cm³/mol. The van der Waals surface area contributed by atoms with Gasteiger partial charge in [-0.2, -0.15) is 4.31 Å². The lowest BCUT2D eigenvalue weighted by Gasteiger charge is -2.35. The number of carboxylic acids is 1. The largest absolute Gasteiger partial charge is 0.503 e. The van der Waals surface area contributed by atoms with E-state index in [2.05, 4.69) is 0 Å². The maximum atomic E-state index is 12.5. The van der Waals surface area contributed by atoms with E-state index < -0.39 is 44.8 Å². The molecule has 0 saturated carbocycles. The molecule has 1 unspecified atom stereocenters. The zero-order valence-electron chi connectivity index (χ0n) is 12.0. The molecule has 0 radical (unpaired) electrons. The molecule has 1 atom stereocenters. The number of pyridine rings is 1. The minimum atomic E-state index is -3.56. The quantitative estimate of drug-likeness (QED) is 0.653. The molecule has 1 amide bonds. The van der Waals surface area contributed by atoms with Crippen molar-refractivity contribution < 1.29 is 28.2 Å². The molecule has 10 nitrogen and oxygen atoms in total. The van der Waals surface area contributed by atoms with Gasteiger partial charge in [0, 0.05) is 19.3 Å². The van der Waals surface area contributed by atoms with Crippen LogP contribution in [0.5, 0.6) is 5.75 Å². The van der Waals surface area contributed by atoms with Crippen molar-refractivity contribution in [2.45, 2.75) is 12.7 Å². The monoisotopic (exact) mass is 343 g/mol. The van der Waals surface area contributed by atoms with Crippen molar-refractivity contribution in [1.82, 2.24) is 13.8 Å². The zero-order chi connectivity index (χ0) is 17.1. The Kier molecular flexibility index (Phi) is 3.23. The molecule has 3 rings (SSSR count). The SMILES string of the molecule is CS(=O)(=O)N1CCN2C(=O)c3c(O)c(=O)c(C(=O)O)cn3CC21. The standard InChI is InChI=1S/C12H13N3O7S/c1-23(21,22)15-3-2-14-7(15)5-13-4-6(12(19)20)9(16)10(17)8(13)11(14)18/h4,7,17H,2-3,5H2,1H3,(H,19,20). The number of sulfonamides is 1. The fraction of sp³-hybridized carbons (Fsp3) is 0.417. The number of aromatic carboxylic acids is 1. The van der Waals surface area contributed by atoms with Gasteiger partial charge in [0.2, 0.25) is 15.5 Å². The molecule has 1 aromatic heterocycles. The Hall–Kier alpha value is -2.40. The van der Waals surface area contributed by atoms with Gasteiger partial charge in [-0.25, -0.2) is 13.2 Å². The Balaban J connectivity index is 2.17. The van der Waals surface area contributed by atoms with Crippen LogP contribution < -0.4 is 5.43 Å². The molecule has 1 fully saturated rings. The summed E-state index contributed by atoms with van der Waals surface area (Å²) in [6.45, 7) is 0.160. The molecule has 2 aliphatic rings. The second-order valence-electron chi connectivity index (χ2n) is 5.38. The number of rotatable bonds is 2. The summed E-state index contributed by atoms with van der Waals surface area (Å²) in [6, 6.07) is 0. The molecule has 0 bridgehead atoms. The third kappa shape index (κ3) is 2.19. The summed E-state index contributed by atoms with van der Waals surface area (Å²) in [4.78, 5) is 36.6. The van der Waals surface area contributed by atoms with Crippen molar-refractivity contribution >= 4 is 21.9 Å². The molecule has 11 heteroatoms. The number of hydrogen-bond acceptors (Lipinski definition) is 6. The van der Waals surface area contributed by atoms with Crippen molar-refractivity contribution in [3.8, 4) is 5.75 Å². The first-order chi connectivity index (χ1) is 10.6. The molecule has 1 aromatic rings. The van der Waals surface area contributed by atoms with Gasteiger partial charge in [0.15, 0.2) is 11.4 Å². The highest BCUT2D eigenvalue weighted by molar-refractivity contribution is 7.88. The van der Waals surface area contributed by atoms with Crippen molar-refractivity contribution in [3.05, 3.63) is 27.7 Å². The van der Waals surface area contributed by atoms with Gasteiger partial charge in [-0.15, -0.1) is 0 Å². The number of nitrogens with zero attached hydrogens (tertiary/aromatic N) is 3. The highest BCUT2D eigenvalue weighted by Crippen LogP contribution is 2.29. The summed E-state index contributed by atoms with van der Waals surface area (Å²) in [7, 11) is -3.56. The smallest absolute Gasteiger partial charge is 0.341 e. The van der Waals surface area contributed by atoms with Gasteiger partial charge in [0.1, 0.15) is 11.7 Å². The van der Waals surface area contributed by atoms with Crippen molar-refractivity contribution in [2.75, 3.05) is 19.3 Å². The van der Waals surface area contributed by atoms with E-state index in [1.165, 1.54) is 4.90 Å². The van der Waals surface area contributed by atoms with Crippen molar-refractivity contribution in [2.24, 2.45) is 0 Å². The maximum absolute atomic E-state index is 12.5. The lowest BCUT2D eigenvalue weighted by molar-refractivity contribution is 0.0588. The fourth-order valence-electron chi connectivity index (χ4n) is 2.96. The first-order valence-corrected chi connectivity index (χ1v) is 8.45. The van der Waals surface area contributed by atoms with Gasteiger partial charge in [-0.05, 0) is 0 Å². The Bertz CT molecular complexity index is 889. The minimum absolute atomic E-state index is 0.0672. The lowest BCUT2D eigenvalue weighted by atomic mass is 10.1. The summed E-state index contributed by atoms with van der Waals surface area (Å²) in [5.41, 5.74) is -2.15. The first kappa shape index (κ1) is 15.5. The van der Waals surface area contributed by atoms with Crippen LogP contribution in [0.1, 0.15) is 20.8 Å². The van der Waals surface area contributed by atoms with Gasteiger partial charge in [-0.3, -0.25) is 9.59 Å². The van der Waals surface area contributed by atoms with E-state index in [4.69, 9.17) is 5.11 Å². The number of aromatic nitrogens is 1. The van der Waals surface area contributed by atoms with Gasteiger partial charge in [0.25, 0.3) is 5.91 Å². The number of carbonyl (C=O) groups excluding carboxylic acids is 1. The first-order valence-electron chi connectivity index (χ1n) is 6.60. The van der Waals surface area contributed by atoms with E-state index >= 15 is 0 Å². The second-order valence-corrected chi connectivity index (χ2v) is 7.31. The van der Waals surface area contributed by atoms with Crippen LogP contribution in [-0.2, 0) is 16.6 Å². The topological polar surface area (TPSA) is 137 Å². The summed E-state index contributed by atoms with van der Waals surface area (Å²) in [5, 5.41) is 18.9. The predicted octanol–water partition coefficient (Wildman–Crippen LogP) is -1.69. The van der Waals surface area contributed by atoms with Crippen LogP contribution in [-0.4, -0.2) is 69.8 Å². The third-order valence-corrected chi connectivity index (χ3v) is 5.27. The number of carboxylic acid groups (broad SMARTS) is 1. The summed E-state index contributed by atoms with van der Waals surface area (Å²) < 4.78 is 25.8. The van der Waals surface area contributed by atoms with Crippen LogP contribution in [0.25, 0.3) is 0 Å². The molecule has 3 heterocycles. The zero-order valence-corrected chi connectivity index (χ0v) is 12.8. The Morgan fingerprint density at radius 3 is 2.52 bits per heavy atom. The molecule has 2 N–H and O–H groups in total. The van der Waals surface area contributed by atoms with Crippen LogP contribution in [0.2, 0.25) is 0 Å². The molecule has 0 aliphatic carbocycles. The van der Waals surface area contributed by atoms with Crippen LogP contribution >= 0.6 is 0 Å². The van der Waals surface area contributed by atoms with Gasteiger partial charge in [-0.1, -0.05) is 0 Å². The molecule has 0 aromatic carbocycles. The van der Waals surface area contributed by atoms with Gasteiger partial charge >= 0.3 is 5.97 Å². The van der Waals surface area contributed by atoms with Gasteiger partial charge < -0.3 is 19.7 Å². The van der Waals surface area contributed by atoms with E-state index in [0.29, 0.717) is 0 Å². The number of hydrogen-bond donors (Lipinski definition) is 2. The van der Waals surface area contributed by atoms with Crippen LogP contribution in [0.4, 0.5) is 0 Å². The average molecular weight is 343 g/mol. The molecule has 2 aliphatic heterocycles. The van der Waals surface area contributed by atoms with E-state index in [1.807, 2.05) is 0 Å². The molecule has 0 spiro atoms. The maximum Gasteiger partial charge on any atom is 0.341 e. The normalized spacial score (nSPS) is 21.2.